The fourth-order valence-corrected chi connectivity index (χ4v) is 4.63. The van der Waals surface area contributed by atoms with E-state index in [9.17, 15) is 4.79 Å². The predicted octanol–water partition coefficient (Wildman–Crippen LogP) is 2.15. The molecule has 1 fully saturated rings. The van der Waals surface area contributed by atoms with Crippen molar-refractivity contribution in [3.63, 3.8) is 0 Å². The van der Waals surface area contributed by atoms with Crippen LogP contribution in [0.25, 0.3) is 10.9 Å². The van der Waals surface area contributed by atoms with Gasteiger partial charge in [-0.1, -0.05) is 18.2 Å². The molecule has 1 amide bonds. The zero-order chi connectivity index (χ0) is 19.1. The first-order valence-electron chi connectivity index (χ1n) is 10.2. The van der Waals surface area contributed by atoms with Crippen molar-refractivity contribution in [1.29, 1.82) is 0 Å². The second-order valence-corrected chi connectivity index (χ2v) is 7.93. The highest BCUT2D eigenvalue weighted by molar-refractivity contribution is 5.88. The van der Waals surface area contributed by atoms with Gasteiger partial charge >= 0.3 is 0 Å². The number of amides is 1. The number of benzene rings is 1. The number of likely N-dealkylation sites (tertiary alicyclic amines) is 1. The summed E-state index contributed by atoms with van der Waals surface area (Å²) in [6, 6.07) is 8.50. The molecule has 3 aromatic rings. The number of nitrogens with one attached hydrogen (secondary N) is 1. The van der Waals surface area contributed by atoms with Crippen LogP contribution in [-0.2, 0) is 24.2 Å². The van der Waals surface area contributed by atoms with Crippen LogP contribution >= 0.6 is 0 Å². The summed E-state index contributed by atoms with van der Waals surface area (Å²) in [6.07, 6.45) is 5.51. The minimum Gasteiger partial charge on any atom is -0.361 e. The molecular formula is C21H26N6O. The summed E-state index contributed by atoms with van der Waals surface area (Å²) in [7, 11) is 2.16. The van der Waals surface area contributed by atoms with Crippen molar-refractivity contribution in [2.75, 3.05) is 26.7 Å². The van der Waals surface area contributed by atoms with Crippen LogP contribution in [0.3, 0.4) is 0 Å². The molecule has 5 rings (SSSR count). The van der Waals surface area contributed by atoms with Gasteiger partial charge in [-0.05, 0) is 38.1 Å². The molecule has 2 aliphatic heterocycles. The number of nitrogens with zero attached hydrogens (tertiary/aromatic N) is 5. The van der Waals surface area contributed by atoms with E-state index in [2.05, 4.69) is 37.8 Å². The molecule has 0 radical (unpaired) electrons. The van der Waals surface area contributed by atoms with E-state index in [1.807, 2.05) is 29.3 Å². The highest BCUT2D eigenvalue weighted by atomic mass is 16.2. The standard InChI is InChI=1S/C21H26N6O/c1-25-9-4-7-18(25)21-24-23-19-8-10-26(11-12-27(19)21)20(28)13-15-14-22-17-6-3-2-5-16(15)17/h2-3,5-6,14,18,22H,4,7-13H2,1H3/t18-/m0/s1. The zero-order valence-corrected chi connectivity index (χ0v) is 16.3. The van der Waals surface area contributed by atoms with Crippen molar-refractivity contribution in [2.24, 2.45) is 0 Å². The minimum absolute atomic E-state index is 0.183. The Balaban J connectivity index is 1.30. The fraction of sp³-hybridized carbons (Fsp3) is 0.476. The van der Waals surface area contributed by atoms with Gasteiger partial charge in [0.15, 0.2) is 0 Å². The Morgan fingerprint density at radius 1 is 1.18 bits per heavy atom. The maximum Gasteiger partial charge on any atom is 0.227 e. The molecule has 0 spiro atoms. The van der Waals surface area contributed by atoms with E-state index in [0.717, 1.165) is 60.6 Å². The number of hydrogen-bond donors (Lipinski definition) is 1. The summed E-state index contributed by atoms with van der Waals surface area (Å²) in [4.78, 5) is 20.6. The van der Waals surface area contributed by atoms with Gasteiger partial charge in [-0.25, -0.2) is 0 Å². The van der Waals surface area contributed by atoms with Gasteiger partial charge < -0.3 is 14.5 Å². The molecule has 1 aromatic carbocycles. The van der Waals surface area contributed by atoms with Crippen LogP contribution in [0.2, 0.25) is 0 Å². The molecule has 2 aromatic heterocycles. The van der Waals surface area contributed by atoms with E-state index in [1.165, 1.54) is 6.42 Å². The molecule has 7 nitrogen and oxygen atoms in total. The summed E-state index contributed by atoms with van der Waals surface area (Å²) in [5.41, 5.74) is 2.15. The van der Waals surface area contributed by atoms with Gasteiger partial charge in [-0.3, -0.25) is 9.69 Å². The summed E-state index contributed by atoms with van der Waals surface area (Å²) in [5, 5.41) is 10.1. The monoisotopic (exact) mass is 378 g/mol. The normalized spacial score (nSPS) is 20.5. The Morgan fingerprint density at radius 3 is 2.93 bits per heavy atom. The number of rotatable bonds is 3. The molecule has 28 heavy (non-hydrogen) atoms. The molecule has 1 N–H and O–H groups in total. The third-order valence-corrected chi connectivity index (χ3v) is 6.24. The second-order valence-electron chi connectivity index (χ2n) is 7.93. The van der Waals surface area contributed by atoms with E-state index < -0.39 is 0 Å². The highest BCUT2D eigenvalue weighted by Gasteiger charge is 2.30. The Kier molecular flexibility index (Phi) is 4.39. The molecule has 2 aliphatic rings. The number of hydrogen-bond acceptors (Lipinski definition) is 4. The van der Waals surface area contributed by atoms with Crippen LogP contribution in [0.1, 0.15) is 36.1 Å². The minimum atomic E-state index is 0.183. The van der Waals surface area contributed by atoms with E-state index >= 15 is 0 Å². The maximum atomic E-state index is 13.0. The number of fused-ring (bicyclic) bond motifs is 2. The van der Waals surface area contributed by atoms with Crippen molar-refractivity contribution in [3.8, 4) is 0 Å². The molecule has 146 valence electrons. The SMILES string of the molecule is CN1CCC[C@H]1c1nnc2n1CCN(C(=O)Cc1c[nH]c3ccccc13)CC2. The lowest BCUT2D eigenvalue weighted by atomic mass is 10.1. The molecule has 4 heterocycles. The quantitative estimate of drug-likeness (QED) is 0.758. The van der Waals surface area contributed by atoms with E-state index in [4.69, 9.17) is 0 Å². The fourth-order valence-electron chi connectivity index (χ4n) is 4.63. The third kappa shape index (κ3) is 2.99. The average molecular weight is 378 g/mol. The van der Waals surface area contributed by atoms with Crippen LogP contribution in [0.15, 0.2) is 30.5 Å². The molecule has 0 saturated carbocycles. The van der Waals surface area contributed by atoms with Crippen LogP contribution < -0.4 is 0 Å². The largest absolute Gasteiger partial charge is 0.361 e. The molecule has 0 bridgehead atoms. The Hall–Kier alpha value is -2.67. The molecule has 0 unspecified atom stereocenters. The smallest absolute Gasteiger partial charge is 0.227 e. The summed E-state index contributed by atoms with van der Waals surface area (Å²) < 4.78 is 2.26. The number of para-hydroxylation sites is 1. The van der Waals surface area contributed by atoms with Crippen LogP contribution in [0.4, 0.5) is 0 Å². The number of H-pyrrole nitrogens is 1. The van der Waals surface area contributed by atoms with E-state index in [0.29, 0.717) is 19.0 Å². The summed E-state index contributed by atoms with van der Waals surface area (Å²) in [5.74, 6) is 2.27. The topological polar surface area (TPSA) is 70.1 Å². The summed E-state index contributed by atoms with van der Waals surface area (Å²) in [6.45, 7) is 3.32. The van der Waals surface area contributed by atoms with Gasteiger partial charge in [0.25, 0.3) is 0 Å². The van der Waals surface area contributed by atoms with Gasteiger partial charge in [0.2, 0.25) is 5.91 Å². The van der Waals surface area contributed by atoms with Crippen LogP contribution in [-0.4, -0.2) is 62.1 Å². The first kappa shape index (κ1) is 17.4. The summed E-state index contributed by atoms with van der Waals surface area (Å²) >= 11 is 0. The van der Waals surface area contributed by atoms with Crippen LogP contribution in [0, 0.1) is 0 Å². The molecule has 0 aliphatic carbocycles. The Morgan fingerprint density at radius 2 is 2.07 bits per heavy atom. The number of aromatic amines is 1. The Bertz CT molecular complexity index is 1010. The first-order valence-corrected chi connectivity index (χ1v) is 10.2. The number of aromatic nitrogens is 4. The molecule has 7 heteroatoms. The van der Waals surface area contributed by atoms with Gasteiger partial charge in [-0.15, -0.1) is 10.2 Å². The number of carbonyl (C=O) groups is 1. The van der Waals surface area contributed by atoms with Gasteiger partial charge in [-0.2, -0.15) is 0 Å². The lowest BCUT2D eigenvalue weighted by Crippen LogP contribution is -2.35. The van der Waals surface area contributed by atoms with Gasteiger partial charge in [0.1, 0.15) is 11.6 Å². The van der Waals surface area contributed by atoms with Gasteiger partial charge in [0.05, 0.1) is 12.5 Å². The van der Waals surface area contributed by atoms with E-state index in [1.54, 1.807) is 0 Å². The second kappa shape index (κ2) is 7.05. The van der Waals surface area contributed by atoms with Crippen molar-refractivity contribution in [2.45, 2.75) is 38.3 Å². The molecular weight excluding hydrogens is 352 g/mol. The highest BCUT2D eigenvalue weighted by Crippen LogP contribution is 2.30. The first-order chi connectivity index (χ1) is 13.7. The van der Waals surface area contributed by atoms with Crippen molar-refractivity contribution >= 4 is 16.8 Å². The van der Waals surface area contributed by atoms with Gasteiger partial charge in [0, 0.05) is 43.2 Å². The van der Waals surface area contributed by atoms with Crippen molar-refractivity contribution in [1.82, 2.24) is 29.5 Å². The van der Waals surface area contributed by atoms with Crippen LogP contribution in [0.5, 0.6) is 0 Å². The number of carbonyl (C=O) groups excluding carboxylic acids is 1. The lowest BCUT2D eigenvalue weighted by molar-refractivity contribution is -0.130. The molecule has 1 saturated heterocycles. The zero-order valence-electron chi connectivity index (χ0n) is 16.3. The van der Waals surface area contributed by atoms with Crippen molar-refractivity contribution < 1.29 is 4.79 Å². The lowest BCUT2D eigenvalue weighted by Gasteiger charge is -2.21. The van der Waals surface area contributed by atoms with E-state index in [-0.39, 0.29) is 5.91 Å². The average Bonchev–Trinajstić information content (AvgIpc) is 3.37. The van der Waals surface area contributed by atoms with Crippen molar-refractivity contribution in [3.05, 3.63) is 47.7 Å². The maximum absolute atomic E-state index is 13.0. The Labute approximate surface area is 164 Å². The molecule has 1 atom stereocenters. The predicted molar refractivity (Wildman–Crippen MR) is 107 cm³/mol. The third-order valence-electron chi connectivity index (χ3n) is 6.24.